The van der Waals surface area contributed by atoms with E-state index in [0.717, 1.165) is 43.8 Å². The van der Waals surface area contributed by atoms with Gasteiger partial charge in [-0.15, -0.1) is 11.8 Å². The Morgan fingerprint density at radius 2 is 1.92 bits per heavy atom. The van der Waals surface area contributed by atoms with E-state index in [9.17, 15) is 4.79 Å². The number of nitrogens with two attached hydrogens (primary N) is 1. The summed E-state index contributed by atoms with van der Waals surface area (Å²) in [6, 6.07) is 14.6. The highest BCUT2D eigenvalue weighted by molar-refractivity contribution is 7.98. The molecule has 2 aromatic rings. The fourth-order valence-corrected chi connectivity index (χ4v) is 4.42. The van der Waals surface area contributed by atoms with Crippen molar-refractivity contribution in [3.05, 3.63) is 64.7 Å². The average molecular weight is 369 g/mol. The maximum Gasteiger partial charge on any atom is 0.253 e. The second kappa shape index (κ2) is 8.74. The van der Waals surface area contributed by atoms with Gasteiger partial charge in [0.25, 0.3) is 5.91 Å². The van der Waals surface area contributed by atoms with Gasteiger partial charge in [-0.3, -0.25) is 4.79 Å². The number of likely N-dealkylation sites (tertiary alicyclic amines) is 1. The lowest BCUT2D eigenvalue weighted by molar-refractivity contribution is 0.0693. The Labute approximate surface area is 161 Å². The van der Waals surface area contributed by atoms with Gasteiger partial charge in [0.05, 0.1) is 0 Å². The van der Waals surface area contributed by atoms with Crippen molar-refractivity contribution in [3.8, 4) is 0 Å². The molecule has 0 aliphatic carbocycles. The normalized spacial score (nSPS) is 15.3. The van der Waals surface area contributed by atoms with Crippen molar-refractivity contribution in [2.24, 2.45) is 11.7 Å². The lowest BCUT2D eigenvalue weighted by Gasteiger charge is -2.31. The third kappa shape index (κ3) is 4.68. The minimum Gasteiger partial charge on any atom is -0.339 e. The molecule has 26 heavy (non-hydrogen) atoms. The molecule has 1 heterocycles. The monoisotopic (exact) mass is 368 g/mol. The summed E-state index contributed by atoms with van der Waals surface area (Å²) in [5, 5.41) is 0. The summed E-state index contributed by atoms with van der Waals surface area (Å²) >= 11 is 1.83. The summed E-state index contributed by atoms with van der Waals surface area (Å²) < 4.78 is 0. The van der Waals surface area contributed by atoms with E-state index in [2.05, 4.69) is 38.1 Å². The standard InChI is InChI=1S/C22H28N2OS/c1-16-6-7-21(17(2)12-16)26-15-19-4-3-5-20(13-19)22(25)24-10-8-18(14-23)9-11-24/h3-7,12-13,18H,8-11,14-15,23H2,1-2H3. The Balaban J connectivity index is 1.63. The molecule has 0 aromatic heterocycles. The zero-order chi connectivity index (χ0) is 18.5. The Bertz CT molecular complexity index is 766. The van der Waals surface area contributed by atoms with Gasteiger partial charge in [0, 0.05) is 29.3 Å². The highest BCUT2D eigenvalue weighted by Crippen LogP contribution is 2.27. The summed E-state index contributed by atoms with van der Waals surface area (Å²) in [5.74, 6) is 1.60. The largest absolute Gasteiger partial charge is 0.339 e. The molecule has 4 heteroatoms. The van der Waals surface area contributed by atoms with Crippen molar-refractivity contribution in [1.29, 1.82) is 0 Å². The first-order chi connectivity index (χ1) is 12.6. The molecular weight excluding hydrogens is 340 g/mol. The number of aryl methyl sites for hydroxylation is 2. The second-order valence-electron chi connectivity index (χ2n) is 7.23. The van der Waals surface area contributed by atoms with Gasteiger partial charge in [-0.2, -0.15) is 0 Å². The summed E-state index contributed by atoms with van der Waals surface area (Å²) in [6.45, 7) is 6.64. The number of benzene rings is 2. The van der Waals surface area contributed by atoms with E-state index in [-0.39, 0.29) is 5.91 Å². The van der Waals surface area contributed by atoms with Gasteiger partial charge in [-0.25, -0.2) is 0 Å². The van der Waals surface area contributed by atoms with Crippen LogP contribution in [0.1, 0.15) is 39.9 Å². The highest BCUT2D eigenvalue weighted by Gasteiger charge is 2.22. The maximum atomic E-state index is 12.8. The van der Waals surface area contributed by atoms with Crippen LogP contribution in [0.3, 0.4) is 0 Å². The quantitative estimate of drug-likeness (QED) is 0.795. The first-order valence-electron chi connectivity index (χ1n) is 9.35. The molecule has 0 radical (unpaired) electrons. The zero-order valence-electron chi connectivity index (χ0n) is 15.7. The molecule has 138 valence electrons. The molecule has 2 N–H and O–H groups in total. The van der Waals surface area contributed by atoms with E-state index in [0.29, 0.717) is 5.92 Å². The van der Waals surface area contributed by atoms with Gasteiger partial charge < -0.3 is 10.6 Å². The number of nitrogens with zero attached hydrogens (tertiary/aromatic N) is 1. The topological polar surface area (TPSA) is 46.3 Å². The minimum absolute atomic E-state index is 0.152. The van der Waals surface area contributed by atoms with Crippen LogP contribution >= 0.6 is 11.8 Å². The van der Waals surface area contributed by atoms with Crippen molar-refractivity contribution in [2.45, 2.75) is 37.3 Å². The van der Waals surface area contributed by atoms with Crippen LogP contribution < -0.4 is 5.73 Å². The summed E-state index contributed by atoms with van der Waals surface area (Å²) in [5.41, 5.74) is 10.3. The molecule has 3 rings (SSSR count). The molecule has 0 saturated carbocycles. The Kier molecular flexibility index (Phi) is 6.38. The lowest BCUT2D eigenvalue weighted by Crippen LogP contribution is -2.40. The van der Waals surface area contributed by atoms with Crippen LogP contribution in [0.5, 0.6) is 0 Å². The first kappa shape index (κ1) is 19.0. The maximum absolute atomic E-state index is 12.8. The molecule has 0 spiro atoms. The molecular formula is C22H28N2OS. The predicted octanol–water partition coefficient (Wildman–Crippen LogP) is 4.41. The SMILES string of the molecule is Cc1ccc(SCc2cccc(C(=O)N3CCC(CN)CC3)c2)c(C)c1. The van der Waals surface area contributed by atoms with E-state index in [1.165, 1.54) is 21.6 Å². The van der Waals surface area contributed by atoms with Gasteiger partial charge in [0.1, 0.15) is 0 Å². The molecule has 1 aliphatic heterocycles. The number of amides is 1. The van der Waals surface area contributed by atoms with Crippen LogP contribution in [-0.4, -0.2) is 30.4 Å². The number of rotatable bonds is 5. The van der Waals surface area contributed by atoms with Crippen molar-refractivity contribution in [3.63, 3.8) is 0 Å². The van der Waals surface area contributed by atoms with E-state index in [1.54, 1.807) is 0 Å². The Hall–Kier alpha value is -1.78. The van der Waals surface area contributed by atoms with Crippen molar-refractivity contribution >= 4 is 17.7 Å². The van der Waals surface area contributed by atoms with Crippen molar-refractivity contribution < 1.29 is 4.79 Å². The zero-order valence-corrected chi connectivity index (χ0v) is 16.5. The second-order valence-corrected chi connectivity index (χ2v) is 8.25. The van der Waals surface area contributed by atoms with Gasteiger partial charge in [0.15, 0.2) is 0 Å². The number of carbonyl (C=O) groups excluding carboxylic acids is 1. The first-order valence-corrected chi connectivity index (χ1v) is 10.3. The van der Waals surface area contributed by atoms with Gasteiger partial charge in [0.2, 0.25) is 0 Å². The number of hydrogen-bond acceptors (Lipinski definition) is 3. The Morgan fingerprint density at radius 1 is 1.15 bits per heavy atom. The molecule has 1 saturated heterocycles. The number of piperidine rings is 1. The molecule has 2 aromatic carbocycles. The summed E-state index contributed by atoms with van der Waals surface area (Å²) in [6.07, 6.45) is 2.04. The van der Waals surface area contributed by atoms with Crippen LogP contribution in [0.4, 0.5) is 0 Å². The smallest absolute Gasteiger partial charge is 0.253 e. The van der Waals surface area contributed by atoms with Crippen LogP contribution in [0.15, 0.2) is 47.4 Å². The van der Waals surface area contributed by atoms with Gasteiger partial charge in [-0.1, -0.05) is 29.8 Å². The van der Waals surface area contributed by atoms with Crippen LogP contribution in [0.25, 0.3) is 0 Å². The van der Waals surface area contributed by atoms with Crippen LogP contribution in [-0.2, 0) is 5.75 Å². The van der Waals surface area contributed by atoms with Crippen LogP contribution in [0.2, 0.25) is 0 Å². The summed E-state index contributed by atoms with van der Waals surface area (Å²) in [7, 11) is 0. The Morgan fingerprint density at radius 3 is 2.62 bits per heavy atom. The molecule has 3 nitrogen and oxygen atoms in total. The fraction of sp³-hybridized carbons (Fsp3) is 0.409. The third-order valence-corrected chi connectivity index (χ3v) is 6.38. The number of thioether (sulfide) groups is 1. The molecule has 1 fully saturated rings. The van der Waals surface area contributed by atoms with Crippen LogP contribution in [0, 0.1) is 19.8 Å². The third-order valence-electron chi connectivity index (χ3n) is 5.13. The number of carbonyl (C=O) groups is 1. The average Bonchev–Trinajstić information content (AvgIpc) is 2.67. The molecule has 1 amide bonds. The van der Waals surface area contributed by atoms with Gasteiger partial charge in [-0.05, 0) is 68.5 Å². The molecule has 0 bridgehead atoms. The van der Waals surface area contributed by atoms with E-state index in [1.807, 2.05) is 34.9 Å². The number of hydrogen-bond donors (Lipinski definition) is 1. The predicted molar refractivity (Wildman–Crippen MR) is 110 cm³/mol. The van der Waals surface area contributed by atoms with E-state index >= 15 is 0 Å². The van der Waals surface area contributed by atoms with Crippen molar-refractivity contribution in [1.82, 2.24) is 4.90 Å². The van der Waals surface area contributed by atoms with E-state index in [4.69, 9.17) is 5.73 Å². The summed E-state index contributed by atoms with van der Waals surface area (Å²) in [4.78, 5) is 16.1. The highest BCUT2D eigenvalue weighted by atomic mass is 32.2. The fourth-order valence-electron chi connectivity index (χ4n) is 3.47. The molecule has 1 aliphatic rings. The van der Waals surface area contributed by atoms with Gasteiger partial charge >= 0.3 is 0 Å². The lowest BCUT2D eigenvalue weighted by atomic mass is 9.96. The van der Waals surface area contributed by atoms with E-state index < -0.39 is 0 Å². The molecule has 0 unspecified atom stereocenters. The minimum atomic E-state index is 0.152. The van der Waals surface area contributed by atoms with Crippen molar-refractivity contribution in [2.75, 3.05) is 19.6 Å². The molecule has 0 atom stereocenters.